The lowest BCUT2D eigenvalue weighted by atomic mass is 10.1. The van der Waals surface area contributed by atoms with Gasteiger partial charge in [-0.2, -0.15) is 5.26 Å². The number of allylic oxidation sites excluding steroid dienone is 1. The molecule has 0 spiro atoms. The standard InChI is InChI=1S/C18H13N3O2/c1-23-18(22)13-8-6-12(7-9-13)10-14(11-19)17-20-15-4-2-3-5-16(15)21-17/h2-10H,1H3,(H,20,21)/b14-10+. The van der Waals surface area contributed by atoms with Gasteiger partial charge in [-0.05, 0) is 35.9 Å². The topological polar surface area (TPSA) is 78.8 Å². The highest BCUT2D eigenvalue weighted by Crippen LogP contribution is 2.19. The Morgan fingerprint density at radius 2 is 1.96 bits per heavy atom. The number of methoxy groups -OCH3 is 1. The quantitative estimate of drug-likeness (QED) is 0.594. The molecule has 3 rings (SSSR count). The van der Waals surface area contributed by atoms with Crippen LogP contribution in [0.15, 0.2) is 48.5 Å². The third kappa shape index (κ3) is 2.97. The van der Waals surface area contributed by atoms with E-state index in [0.29, 0.717) is 17.0 Å². The van der Waals surface area contributed by atoms with Crippen molar-refractivity contribution in [3.8, 4) is 6.07 Å². The number of aromatic amines is 1. The number of nitrogens with one attached hydrogen (secondary N) is 1. The van der Waals surface area contributed by atoms with Gasteiger partial charge in [-0.15, -0.1) is 0 Å². The van der Waals surface area contributed by atoms with Crippen LogP contribution in [-0.2, 0) is 4.74 Å². The van der Waals surface area contributed by atoms with Gasteiger partial charge in [0, 0.05) is 0 Å². The van der Waals surface area contributed by atoms with Crippen LogP contribution in [0.4, 0.5) is 0 Å². The van der Waals surface area contributed by atoms with Crippen LogP contribution in [0.2, 0.25) is 0 Å². The molecule has 0 aliphatic rings. The number of nitriles is 1. The van der Waals surface area contributed by atoms with Crippen molar-refractivity contribution in [2.24, 2.45) is 0 Å². The Kier molecular flexibility index (Phi) is 3.89. The summed E-state index contributed by atoms with van der Waals surface area (Å²) in [6, 6.07) is 16.6. The number of aromatic nitrogens is 2. The second-order valence-electron chi connectivity index (χ2n) is 4.89. The normalized spacial score (nSPS) is 11.2. The van der Waals surface area contributed by atoms with E-state index in [1.165, 1.54) is 7.11 Å². The summed E-state index contributed by atoms with van der Waals surface area (Å²) >= 11 is 0. The molecule has 5 nitrogen and oxygen atoms in total. The predicted molar refractivity (Wildman–Crippen MR) is 87.4 cm³/mol. The van der Waals surface area contributed by atoms with Crippen molar-refractivity contribution in [3.05, 3.63) is 65.5 Å². The lowest BCUT2D eigenvalue weighted by molar-refractivity contribution is 0.0600. The number of nitrogens with zero attached hydrogens (tertiary/aromatic N) is 2. The minimum atomic E-state index is -0.390. The van der Waals surface area contributed by atoms with Crippen molar-refractivity contribution in [2.45, 2.75) is 0 Å². The van der Waals surface area contributed by atoms with Gasteiger partial charge in [-0.3, -0.25) is 0 Å². The fourth-order valence-electron chi connectivity index (χ4n) is 2.23. The van der Waals surface area contributed by atoms with Gasteiger partial charge in [-0.1, -0.05) is 24.3 Å². The van der Waals surface area contributed by atoms with E-state index in [2.05, 4.69) is 20.8 Å². The largest absolute Gasteiger partial charge is 0.465 e. The van der Waals surface area contributed by atoms with Gasteiger partial charge in [-0.25, -0.2) is 9.78 Å². The molecule has 0 fully saturated rings. The number of fused-ring (bicyclic) bond motifs is 1. The molecule has 1 aromatic heterocycles. The van der Waals surface area contributed by atoms with E-state index in [1.54, 1.807) is 30.3 Å². The summed E-state index contributed by atoms with van der Waals surface area (Å²) in [7, 11) is 1.34. The first-order valence-electron chi connectivity index (χ1n) is 6.96. The number of ether oxygens (including phenoxy) is 1. The van der Waals surface area contributed by atoms with Crippen molar-refractivity contribution in [1.82, 2.24) is 9.97 Å². The molecule has 1 heterocycles. The van der Waals surface area contributed by atoms with Crippen LogP contribution < -0.4 is 0 Å². The number of rotatable bonds is 3. The number of para-hydroxylation sites is 2. The summed E-state index contributed by atoms with van der Waals surface area (Å²) < 4.78 is 4.66. The molecule has 0 aliphatic carbocycles. The van der Waals surface area contributed by atoms with E-state index in [-0.39, 0.29) is 0 Å². The van der Waals surface area contributed by atoms with E-state index >= 15 is 0 Å². The molecule has 112 valence electrons. The van der Waals surface area contributed by atoms with Crippen LogP contribution in [0.1, 0.15) is 21.7 Å². The number of hydrogen-bond donors (Lipinski definition) is 1. The molecule has 3 aromatic rings. The number of benzene rings is 2. The van der Waals surface area contributed by atoms with Crippen molar-refractivity contribution in [3.63, 3.8) is 0 Å². The number of carbonyl (C=O) groups is 1. The highest BCUT2D eigenvalue weighted by molar-refractivity contribution is 5.92. The van der Waals surface area contributed by atoms with Crippen LogP contribution in [0.5, 0.6) is 0 Å². The summed E-state index contributed by atoms with van der Waals surface area (Å²) in [5.41, 5.74) is 3.38. The molecule has 0 atom stereocenters. The smallest absolute Gasteiger partial charge is 0.337 e. The van der Waals surface area contributed by atoms with Crippen LogP contribution >= 0.6 is 0 Å². The summed E-state index contributed by atoms with van der Waals surface area (Å²) in [5, 5.41) is 9.39. The maximum absolute atomic E-state index is 11.4. The van der Waals surface area contributed by atoms with E-state index in [4.69, 9.17) is 0 Å². The Bertz CT molecular complexity index is 898. The van der Waals surface area contributed by atoms with Crippen LogP contribution in [0.3, 0.4) is 0 Å². The van der Waals surface area contributed by atoms with Gasteiger partial charge < -0.3 is 9.72 Å². The zero-order valence-electron chi connectivity index (χ0n) is 12.4. The number of carbonyl (C=O) groups excluding carboxylic acids is 1. The molecular formula is C18H13N3O2. The number of hydrogen-bond acceptors (Lipinski definition) is 4. The molecule has 0 radical (unpaired) electrons. The molecule has 5 heteroatoms. The zero-order chi connectivity index (χ0) is 16.2. The maximum atomic E-state index is 11.4. The summed E-state index contributed by atoms with van der Waals surface area (Å²) in [6.07, 6.45) is 1.72. The lowest BCUT2D eigenvalue weighted by Gasteiger charge is -2.00. The van der Waals surface area contributed by atoms with Crippen LogP contribution in [-0.4, -0.2) is 23.0 Å². The highest BCUT2D eigenvalue weighted by atomic mass is 16.5. The molecule has 1 N–H and O–H groups in total. The third-order valence-electron chi connectivity index (χ3n) is 3.41. The average molecular weight is 303 g/mol. The van der Waals surface area contributed by atoms with Gasteiger partial charge in [0.1, 0.15) is 11.9 Å². The van der Waals surface area contributed by atoms with Gasteiger partial charge in [0.05, 0.1) is 29.3 Å². The van der Waals surface area contributed by atoms with Gasteiger partial charge in [0.15, 0.2) is 0 Å². The highest BCUT2D eigenvalue weighted by Gasteiger charge is 2.08. The Hall–Kier alpha value is -3.39. The van der Waals surface area contributed by atoms with Crippen molar-refractivity contribution < 1.29 is 9.53 Å². The average Bonchev–Trinajstić information content (AvgIpc) is 3.03. The molecule has 0 amide bonds. The Labute approximate surface area is 132 Å². The number of esters is 1. The first-order valence-corrected chi connectivity index (χ1v) is 6.96. The van der Waals surface area contributed by atoms with Gasteiger partial charge in [0.25, 0.3) is 0 Å². The Balaban J connectivity index is 1.95. The van der Waals surface area contributed by atoms with E-state index in [9.17, 15) is 10.1 Å². The molecule has 0 saturated heterocycles. The van der Waals surface area contributed by atoms with E-state index < -0.39 is 5.97 Å². The van der Waals surface area contributed by atoms with Crippen LogP contribution in [0, 0.1) is 11.3 Å². The molecule has 0 unspecified atom stereocenters. The minimum Gasteiger partial charge on any atom is -0.465 e. The number of imidazole rings is 1. The molecule has 0 saturated carbocycles. The maximum Gasteiger partial charge on any atom is 0.337 e. The SMILES string of the molecule is COC(=O)c1ccc(/C=C(\C#N)c2nc3ccccc3[nH]2)cc1. The fraction of sp³-hybridized carbons (Fsp3) is 0.0556. The summed E-state index contributed by atoms with van der Waals surface area (Å²) in [6.45, 7) is 0. The monoisotopic (exact) mass is 303 g/mol. The molecule has 0 bridgehead atoms. The fourth-order valence-corrected chi connectivity index (χ4v) is 2.23. The predicted octanol–water partition coefficient (Wildman–Crippen LogP) is 3.41. The van der Waals surface area contributed by atoms with E-state index in [1.807, 2.05) is 24.3 Å². The Morgan fingerprint density at radius 3 is 2.61 bits per heavy atom. The van der Waals surface area contributed by atoms with Gasteiger partial charge in [0.2, 0.25) is 0 Å². The first-order chi connectivity index (χ1) is 11.2. The minimum absolute atomic E-state index is 0.390. The first kappa shape index (κ1) is 14.5. The molecule has 2 aromatic carbocycles. The van der Waals surface area contributed by atoms with Crippen LogP contribution in [0.25, 0.3) is 22.7 Å². The number of H-pyrrole nitrogens is 1. The van der Waals surface area contributed by atoms with Crippen molar-refractivity contribution >= 4 is 28.7 Å². The Morgan fingerprint density at radius 1 is 1.22 bits per heavy atom. The summed E-state index contributed by atoms with van der Waals surface area (Å²) in [5.74, 6) is 0.129. The zero-order valence-corrected chi connectivity index (χ0v) is 12.4. The summed E-state index contributed by atoms with van der Waals surface area (Å²) in [4.78, 5) is 19.0. The third-order valence-corrected chi connectivity index (χ3v) is 3.41. The molecule has 0 aliphatic heterocycles. The van der Waals surface area contributed by atoms with E-state index in [0.717, 1.165) is 16.6 Å². The van der Waals surface area contributed by atoms with Gasteiger partial charge >= 0.3 is 5.97 Å². The molecule has 23 heavy (non-hydrogen) atoms. The second kappa shape index (κ2) is 6.16. The van der Waals surface area contributed by atoms with Crippen molar-refractivity contribution in [1.29, 1.82) is 5.26 Å². The lowest BCUT2D eigenvalue weighted by Crippen LogP contribution is -2.00. The van der Waals surface area contributed by atoms with Crippen molar-refractivity contribution in [2.75, 3.05) is 7.11 Å². The second-order valence-corrected chi connectivity index (χ2v) is 4.89. The molecular weight excluding hydrogens is 290 g/mol.